The van der Waals surface area contributed by atoms with Gasteiger partial charge < -0.3 is 19.1 Å². The minimum absolute atomic E-state index is 0.0255. The van der Waals surface area contributed by atoms with Gasteiger partial charge in [0.1, 0.15) is 11.6 Å². The van der Waals surface area contributed by atoms with Crippen molar-refractivity contribution in [2.24, 2.45) is 0 Å². The topological polar surface area (TPSA) is 86.7 Å². The molecule has 0 aliphatic heterocycles. The van der Waals surface area contributed by atoms with Crippen LogP contribution in [0.5, 0.6) is 0 Å². The lowest BCUT2D eigenvalue weighted by Gasteiger charge is -2.01. The van der Waals surface area contributed by atoms with Gasteiger partial charge >= 0.3 is 11.9 Å². The molecular formula is C16H31Cl3O6. The number of halogens is 3. The Morgan fingerprint density at radius 3 is 1.04 bits per heavy atom. The molecule has 0 unspecified atom stereocenters. The molecule has 0 amide bonds. The molecule has 0 aromatic carbocycles. The fourth-order valence-electron chi connectivity index (χ4n) is 0.332. The van der Waals surface area contributed by atoms with Crippen LogP contribution < -0.4 is 0 Å². The summed E-state index contributed by atoms with van der Waals surface area (Å²) >= 11 is 14.4. The number of alkyl halides is 3. The molecule has 0 rings (SSSR count). The van der Waals surface area contributed by atoms with Crippen LogP contribution >= 0.6 is 34.8 Å². The molecule has 0 saturated heterocycles. The van der Waals surface area contributed by atoms with Gasteiger partial charge in [0, 0.05) is 20.3 Å². The average molecular weight is 426 g/mol. The number of ketones is 2. The molecule has 0 aromatic rings. The van der Waals surface area contributed by atoms with Crippen molar-refractivity contribution in [3.05, 3.63) is 0 Å². The lowest BCUT2D eigenvalue weighted by molar-refractivity contribution is -0.144. The Morgan fingerprint density at radius 2 is 1.04 bits per heavy atom. The number of Topliss-reactive ketones (excluding diaryl/α,β-unsaturated/α-hetero) is 2. The molecule has 6 nitrogen and oxygen atoms in total. The first-order chi connectivity index (χ1) is 11.1. The summed E-state index contributed by atoms with van der Waals surface area (Å²) < 4.78 is 7.97. The first kappa shape index (κ1) is 35.3. The number of carbonyl (C=O) groups excluding carboxylic acids is 4. The summed E-state index contributed by atoms with van der Waals surface area (Å²) in [5.41, 5.74) is 0. The highest BCUT2D eigenvalue weighted by Crippen LogP contribution is 2.03. The van der Waals surface area contributed by atoms with Gasteiger partial charge in [0.2, 0.25) is 0 Å². The van der Waals surface area contributed by atoms with Crippen molar-refractivity contribution in [3.63, 3.8) is 0 Å². The van der Waals surface area contributed by atoms with Crippen LogP contribution in [-0.4, -0.2) is 41.0 Å². The summed E-state index contributed by atoms with van der Waals surface area (Å²) in [5, 5.41) is 0. The van der Waals surface area contributed by atoms with Crippen molar-refractivity contribution in [3.8, 4) is 0 Å². The maximum atomic E-state index is 10.0. The highest BCUT2D eigenvalue weighted by molar-refractivity contribution is 6.63. The number of hydrogen-bond acceptors (Lipinski definition) is 6. The van der Waals surface area contributed by atoms with Crippen LogP contribution in [-0.2, 0) is 28.7 Å². The first-order valence-corrected chi connectivity index (χ1v) is 8.55. The van der Waals surface area contributed by atoms with Crippen molar-refractivity contribution in [2.75, 3.05) is 7.11 Å². The second-order valence-electron chi connectivity index (χ2n) is 4.57. The van der Waals surface area contributed by atoms with E-state index in [4.69, 9.17) is 34.8 Å². The lowest BCUT2D eigenvalue weighted by atomic mass is 10.4. The van der Waals surface area contributed by atoms with E-state index < -0.39 is 4.30 Å². The summed E-state index contributed by atoms with van der Waals surface area (Å²) in [4.78, 5) is 38.9. The Labute approximate surface area is 166 Å². The van der Waals surface area contributed by atoms with Crippen molar-refractivity contribution in [1.82, 2.24) is 0 Å². The number of rotatable bonds is 2. The molecule has 25 heavy (non-hydrogen) atoms. The molecule has 9 heteroatoms. The number of methoxy groups -OCH3 is 1. The predicted octanol–water partition coefficient (Wildman–Crippen LogP) is 4.70. The van der Waals surface area contributed by atoms with Gasteiger partial charge in [-0.25, -0.2) is 0 Å². The number of ether oxygens (including phenoxy) is 2. The Bertz CT molecular complexity index is 324. The zero-order valence-corrected chi connectivity index (χ0v) is 18.7. The smallest absolute Gasteiger partial charge is 0.302 e. The minimum Gasteiger partial charge on any atom is -0.469 e. The molecule has 0 bridgehead atoms. The maximum absolute atomic E-state index is 10.0. The molecular weight excluding hydrogens is 395 g/mol. The van der Waals surface area contributed by atoms with Crippen LogP contribution in [0.25, 0.3) is 0 Å². The molecule has 0 saturated carbocycles. The average Bonchev–Trinajstić information content (AvgIpc) is 2.36. The SMILES string of the molecule is CC(=O)OC(C)C.CC(C)=O.CCC(C)=O.COC(C)=O.ClC(Cl)Cl. The molecule has 0 spiro atoms. The van der Waals surface area contributed by atoms with E-state index in [0.29, 0.717) is 6.42 Å². The fourth-order valence-corrected chi connectivity index (χ4v) is 0.332. The highest BCUT2D eigenvalue weighted by atomic mass is 35.6. The van der Waals surface area contributed by atoms with Gasteiger partial charge in [0.05, 0.1) is 13.2 Å². The zero-order valence-electron chi connectivity index (χ0n) is 16.4. The van der Waals surface area contributed by atoms with E-state index in [1.165, 1.54) is 34.8 Å². The monoisotopic (exact) mass is 424 g/mol. The van der Waals surface area contributed by atoms with Crippen LogP contribution in [0.2, 0.25) is 0 Å². The molecule has 0 atom stereocenters. The predicted molar refractivity (Wildman–Crippen MR) is 103 cm³/mol. The summed E-state index contributed by atoms with van der Waals surface area (Å²) in [6.45, 7) is 12.9. The number of esters is 2. The lowest BCUT2D eigenvalue weighted by Crippen LogP contribution is -2.06. The minimum atomic E-state index is -0.750. The van der Waals surface area contributed by atoms with Gasteiger partial charge in [-0.1, -0.05) is 41.7 Å². The Balaban J connectivity index is -0.0000000679. The van der Waals surface area contributed by atoms with E-state index in [0.717, 1.165) is 0 Å². The quantitative estimate of drug-likeness (QED) is 0.470. The third-order valence-electron chi connectivity index (χ3n) is 1.19. The van der Waals surface area contributed by atoms with Crippen LogP contribution in [0.3, 0.4) is 0 Å². The second-order valence-corrected chi connectivity index (χ2v) is 6.54. The zero-order chi connectivity index (χ0) is 21.6. The molecule has 0 aliphatic carbocycles. The van der Waals surface area contributed by atoms with Crippen molar-refractivity contribution in [2.45, 2.75) is 72.2 Å². The Kier molecular flexibility index (Phi) is 39.5. The molecule has 0 aromatic heterocycles. The van der Waals surface area contributed by atoms with Gasteiger partial charge in [0.15, 0.2) is 4.30 Å². The van der Waals surface area contributed by atoms with E-state index in [1.54, 1.807) is 6.92 Å². The van der Waals surface area contributed by atoms with Crippen molar-refractivity contribution < 1.29 is 28.7 Å². The second kappa shape index (κ2) is 28.0. The van der Waals surface area contributed by atoms with Crippen molar-refractivity contribution >= 4 is 58.3 Å². The van der Waals surface area contributed by atoms with Gasteiger partial charge in [-0.15, -0.1) is 0 Å². The molecule has 0 radical (unpaired) electrons. The van der Waals surface area contributed by atoms with Crippen LogP contribution in [0.15, 0.2) is 0 Å². The molecule has 0 aliphatic rings. The van der Waals surface area contributed by atoms with Crippen LogP contribution in [0.4, 0.5) is 0 Å². The van der Waals surface area contributed by atoms with E-state index in [1.807, 2.05) is 20.8 Å². The number of hydrogen-bond donors (Lipinski definition) is 0. The summed E-state index contributed by atoms with van der Waals surface area (Å²) in [7, 11) is 1.35. The molecule has 0 N–H and O–H groups in total. The van der Waals surface area contributed by atoms with E-state index in [-0.39, 0.29) is 29.6 Å². The highest BCUT2D eigenvalue weighted by Gasteiger charge is 1.93. The van der Waals surface area contributed by atoms with Gasteiger partial charge in [-0.2, -0.15) is 0 Å². The van der Waals surface area contributed by atoms with E-state index in [9.17, 15) is 19.2 Å². The Hall–Kier alpha value is -0.850. The first-order valence-electron chi connectivity index (χ1n) is 7.24. The standard InChI is InChI=1S/C5H10O2.C4H8O.C3H6O2.C3H6O.CHCl3/c1-4(2)7-5(3)6;1-3-4(2)5;1-3(4)5-2;1-3(2)4;2-1(3)4/h4H,1-3H3;3H2,1-2H3;1-2H3;1-2H3;1H. The van der Waals surface area contributed by atoms with Gasteiger partial charge in [0.25, 0.3) is 0 Å². The molecule has 0 heterocycles. The van der Waals surface area contributed by atoms with Gasteiger partial charge in [-0.3, -0.25) is 9.59 Å². The summed E-state index contributed by atoms with van der Waals surface area (Å²) in [6.07, 6.45) is 0.692. The normalized spacial score (nSPS) is 7.92. The van der Waals surface area contributed by atoms with Crippen LogP contribution in [0, 0.1) is 0 Å². The number of carbonyl (C=O) groups is 4. The maximum Gasteiger partial charge on any atom is 0.302 e. The van der Waals surface area contributed by atoms with Gasteiger partial charge in [-0.05, 0) is 34.6 Å². The van der Waals surface area contributed by atoms with Crippen LogP contribution in [0.1, 0.15) is 61.8 Å². The third kappa shape index (κ3) is 203. The largest absolute Gasteiger partial charge is 0.469 e. The summed E-state index contributed by atoms with van der Waals surface area (Å²) in [6, 6.07) is 0. The molecule has 152 valence electrons. The Morgan fingerprint density at radius 1 is 0.840 bits per heavy atom. The third-order valence-corrected chi connectivity index (χ3v) is 1.19. The van der Waals surface area contributed by atoms with E-state index in [2.05, 4.69) is 9.47 Å². The fraction of sp³-hybridized carbons (Fsp3) is 0.750. The molecule has 0 fully saturated rings. The van der Waals surface area contributed by atoms with Crippen molar-refractivity contribution in [1.29, 1.82) is 0 Å². The summed E-state index contributed by atoms with van der Waals surface area (Å²) in [5.74, 6) is -0.0370. The van der Waals surface area contributed by atoms with E-state index >= 15 is 0 Å².